The second-order valence-corrected chi connectivity index (χ2v) is 21.4. The standard InChI is InChI=1S/C56H65ClFN5O15/c1-24-11-10-12-25(2)54(72)61-42-34(21-60-59-20-31-15-17-62(22-31)44-36(58)19-33-43(41(44)57)63(32-13-14-32)23-35(48(33)68)55(73)74)49(69)38-39(50(42)70)47(67)29(6)52-40(38)53(71)56(8,78-52)76-18-16-37(75-9)26(3)51(77-30(7)64)28(5)46(66)27(4)45(24)65/h10-12,16,18-19,21,23-24,26-28,31-32,37,45-46,51,59,65-67,69-70H,13-15,17,20,22H2,1-9H3,(H,61,72)(H,73,74)/b11-10+,18-16+,25-12-,60-21-/t24-,26-,27-,28-,31?,37+,45+,46+,51-,56+/m1/s1. The number of pyridine rings is 1. The number of carbonyl (C=O) groups excluding carboxylic acids is 3. The second kappa shape index (κ2) is 22.3. The summed E-state index contributed by atoms with van der Waals surface area (Å²) in [5.74, 6) is -11.7. The number of aliphatic hydroxyl groups is 2. The lowest BCUT2D eigenvalue weighted by Crippen LogP contribution is -2.46. The van der Waals surface area contributed by atoms with Crippen molar-refractivity contribution in [3.63, 3.8) is 0 Å². The van der Waals surface area contributed by atoms with E-state index in [9.17, 15) is 54.6 Å². The molecule has 10 atom stereocenters. The predicted molar refractivity (Wildman–Crippen MR) is 288 cm³/mol. The number of nitrogens with zero attached hydrogens (tertiary/aromatic N) is 3. The molecule has 1 amide bonds. The SMILES string of the molecule is CO[C@H]1/C=C/O[C@@]2(C)Oc3c(C)c(O)c4c(O)c(c(/C=N\NCC5CCN(c6c(F)cc7c(=O)c(C(=O)O)cn(C8CC8)c7c6Cl)C5)c(O)c4c3C2=O)NC(=O)/C(C)=C\C=C\[C@@H](C)[C@H](O)[C@@H](C)[C@H](O)[C@@H](C)[C@H](OC(C)=O)[C@@H]1C. The first-order valence-electron chi connectivity index (χ1n) is 25.7. The molecule has 0 radical (unpaired) electrons. The number of aromatic nitrogens is 1. The van der Waals surface area contributed by atoms with Crippen LogP contribution in [0.4, 0.5) is 15.8 Å². The molecule has 4 aromatic rings. The summed E-state index contributed by atoms with van der Waals surface area (Å²) in [6, 6.07) is 0.932. The number of anilines is 2. The van der Waals surface area contributed by atoms with Gasteiger partial charge in [0.05, 0.1) is 74.6 Å². The number of carbonyl (C=O) groups is 4. The molecule has 4 aliphatic heterocycles. The van der Waals surface area contributed by atoms with Gasteiger partial charge in [-0.25, -0.2) is 9.18 Å². The number of phenolic OH excluding ortho intramolecular Hbond substituents is 3. The number of aromatic carboxylic acids is 1. The van der Waals surface area contributed by atoms with Crippen LogP contribution in [0.5, 0.6) is 23.0 Å². The molecule has 5 heterocycles. The third-order valence-electron chi connectivity index (χ3n) is 15.7. The highest BCUT2D eigenvalue weighted by molar-refractivity contribution is 6.38. The summed E-state index contributed by atoms with van der Waals surface area (Å²) in [6.45, 7) is 13.0. The van der Waals surface area contributed by atoms with Crippen molar-refractivity contribution >= 4 is 74.5 Å². The molecule has 2 fully saturated rings. The van der Waals surface area contributed by atoms with Gasteiger partial charge < -0.3 is 69.8 Å². The highest BCUT2D eigenvalue weighted by Gasteiger charge is 2.50. The van der Waals surface area contributed by atoms with Crippen LogP contribution < -0.4 is 25.8 Å². The summed E-state index contributed by atoms with van der Waals surface area (Å²) < 4.78 is 41.3. The van der Waals surface area contributed by atoms with Crippen molar-refractivity contribution < 1.29 is 73.2 Å². The van der Waals surface area contributed by atoms with E-state index in [1.807, 2.05) is 0 Å². The number of methoxy groups -OCH3 is 1. The average molecular weight is 1100 g/mol. The lowest BCUT2D eigenvalue weighted by atomic mass is 9.78. The smallest absolute Gasteiger partial charge is 0.341 e. The van der Waals surface area contributed by atoms with Crippen LogP contribution in [0.15, 0.2) is 58.3 Å². The molecular weight excluding hydrogens is 1040 g/mol. The molecule has 1 saturated heterocycles. The second-order valence-electron chi connectivity index (χ2n) is 21.1. The molecule has 1 aliphatic carbocycles. The van der Waals surface area contributed by atoms with Crippen LogP contribution in [0.25, 0.3) is 21.7 Å². The number of hydrogen-bond acceptors (Lipinski definition) is 17. The van der Waals surface area contributed by atoms with Gasteiger partial charge in [0.15, 0.2) is 5.75 Å². The summed E-state index contributed by atoms with van der Waals surface area (Å²) in [7, 11) is 1.41. The number of rotatable bonds is 9. The molecule has 1 saturated carbocycles. The van der Waals surface area contributed by atoms with E-state index in [1.165, 1.54) is 59.2 Å². The van der Waals surface area contributed by atoms with Gasteiger partial charge in [-0.3, -0.25) is 19.2 Å². The maximum Gasteiger partial charge on any atom is 0.341 e. The number of phenols is 3. The summed E-state index contributed by atoms with van der Waals surface area (Å²) in [6.07, 6.45) is 7.47. The topological polar surface area (TPSA) is 288 Å². The fraction of sp³-hybridized carbons (Fsp3) is 0.464. The van der Waals surface area contributed by atoms with E-state index in [4.69, 9.17) is 30.5 Å². The van der Waals surface area contributed by atoms with Crippen LogP contribution in [0.2, 0.25) is 5.02 Å². The van der Waals surface area contributed by atoms with Gasteiger partial charge in [0.1, 0.15) is 34.7 Å². The molecular formula is C56H65ClFN5O15. The van der Waals surface area contributed by atoms with Gasteiger partial charge in [-0.05, 0) is 51.2 Å². The molecule has 8 N–H and O–H groups in total. The van der Waals surface area contributed by atoms with Crippen LogP contribution in [-0.2, 0) is 23.8 Å². The van der Waals surface area contributed by atoms with Crippen LogP contribution in [0.3, 0.4) is 0 Å². The van der Waals surface area contributed by atoms with E-state index < -0.39 is 123 Å². The van der Waals surface area contributed by atoms with Crippen molar-refractivity contribution in [1.29, 1.82) is 0 Å². The Hall–Kier alpha value is -7.20. The minimum absolute atomic E-state index is 0.0188. The van der Waals surface area contributed by atoms with Crippen LogP contribution >= 0.6 is 11.6 Å². The Morgan fingerprint density at radius 1 is 1.00 bits per heavy atom. The van der Waals surface area contributed by atoms with E-state index in [-0.39, 0.29) is 80.1 Å². The van der Waals surface area contributed by atoms with Gasteiger partial charge >= 0.3 is 17.7 Å². The zero-order chi connectivity index (χ0) is 57.0. The van der Waals surface area contributed by atoms with Crippen molar-refractivity contribution in [1.82, 2.24) is 9.99 Å². The number of Topliss-reactive ketones (excluding diaryl/α,β-unsaturated/α-hetero) is 1. The number of aliphatic hydroxyl groups excluding tert-OH is 2. The number of esters is 1. The number of amides is 1. The molecule has 20 nitrogen and oxygen atoms in total. The number of carboxylic acid groups (broad SMARTS) is 1. The highest BCUT2D eigenvalue weighted by Crippen LogP contribution is 2.55. The van der Waals surface area contributed by atoms with Crippen LogP contribution in [-0.4, -0.2) is 122 Å². The van der Waals surface area contributed by atoms with Gasteiger partial charge in [0.2, 0.25) is 5.43 Å². The molecule has 5 aliphatic rings. The molecule has 5 bridgehead atoms. The summed E-state index contributed by atoms with van der Waals surface area (Å²) in [4.78, 5) is 67.9. The first-order chi connectivity index (χ1) is 36.8. The Morgan fingerprint density at radius 3 is 2.36 bits per heavy atom. The quantitative estimate of drug-likeness (QED) is 0.0267. The molecule has 1 aromatic heterocycles. The molecule has 0 spiro atoms. The van der Waals surface area contributed by atoms with Gasteiger partial charge in [0, 0.05) is 93.0 Å². The maximum atomic E-state index is 16.0. The van der Waals surface area contributed by atoms with Crippen molar-refractivity contribution in [2.45, 2.75) is 111 Å². The Morgan fingerprint density at radius 2 is 1.71 bits per heavy atom. The van der Waals surface area contributed by atoms with Crippen molar-refractivity contribution in [2.24, 2.45) is 34.7 Å². The molecule has 418 valence electrons. The Balaban J connectivity index is 1.15. The molecule has 22 heteroatoms. The van der Waals surface area contributed by atoms with Gasteiger partial charge in [-0.2, -0.15) is 5.10 Å². The van der Waals surface area contributed by atoms with Gasteiger partial charge in [0.25, 0.3) is 11.7 Å². The van der Waals surface area contributed by atoms with E-state index in [0.717, 1.165) is 31.4 Å². The summed E-state index contributed by atoms with van der Waals surface area (Å²) >= 11 is 6.91. The zero-order valence-electron chi connectivity index (χ0n) is 44.6. The number of ether oxygens (including phenoxy) is 4. The van der Waals surface area contributed by atoms with Gasteiger partial charge in [-0.15, -0.1) is 0 Å². The molecule has 1 unspecified atom stereocenters. The van der Waals surface area contributed by atoms with E-state index in [1.54, 1.807) is 43.2 Å². The van der Waals surface area contributed by atoms with Crippen molar-refractivity contribution in [2.75, 3.05) is 37.0 Å². The minimum Gasteiger partial charge on any atom is -0.507 e. The fourth-order valence-electron chi connectivity index (χ4n) is 10.9. The number of halogens is 2. The third-order valence-corrected chi connectivity index (χ3v) is 16.0. The number of ketones is 1. The molecule has 9 rings (SSSR count). The van der Waals surface area contributed by atoms with Crippen molar-refractivity contribution in [3.05, 3.63) is 91.7 Å². The molecule has 3 aromatic carbocycles. The molecule has 78 heavy (non-hydrogen) atoms. The number of nitrogens with one attached hydrogen (secondary N) is 2. The number of hydrazone groups is 1. The van der Waals surface area contributed by atoms with E-state index >= 15 is 4.39 Å². The first kappa shape index (κ1) is 57.0. The number of hydrogen-bond donors (Lipinski definition) is 8. The first-order valence-corrected chi connectivity index (χ1v) is 26.1. The predicted octanol–water partition coefficient (Wildman–Crippen LogP) is 7.34. The lowest BCUT2D eigenvalue weighted by molar-refractivity contribution is -0.160. The number of aromatic hydroxyl groups is 3. The monoisotopic (exact) mass is 1100 g/mol. The van der Waals surface area contributed by atoms with E-state index in [0.29, 0.717) is 13.0 Å². The maximum absolute atomic E-state index is 16.0. The highest BCUT2D eigenvalue weighted by atomic mass is 35.5. The lowest BCUT2D eigenvalue weighted by Gasteiger charge is -2.38. The number of fused-ring (bicyclic) bond motifs is 15. The van der Waals surface area contributed by atoms with Gasteiger partial charge in [-0.1, -0.05) is 57.5 Å². The van der Waals surface area contributed by atoms with E-state index in [2.05, 4.69) is 15.8 Å². The Bertz CT molecular complexity index is 3300. The zero-order valence-corrected chi connectivity index (χ0v) is 45.3. The average Bonchev–Trinajstić information content (AvgIpc) is 4.24. The fourth-order valence-corrected chi connectivity index (χ4v) is 11.3. The number of allylic oxidation sites excluding steroid dienone is 2. The number of benzene rings is 3. The number of carboxylic acids is 1. The van der Waals surface area contributed by atoms with Crippen LogP contribution in [0, 0.1) is 42.3 Å². The summed E-state index contributed by atoms with van der Waals surface area (Å²) in [5.41, 5.74) is 1.02. The van der Waals surface area contributed by atoms with Crippen molar-refractivity contribution in [3.8, 4) is 23.0 Å². The Labute approximate surface area is 453 Å². The normalized spacial score (nSPS) is 28.6. The van der Waals surface area contributed by atoms with Crippen LogP contribution in [0.1, 0.15) is 106 Å². The summed E-state index contributed by atoms with van der Waals surface area (Å²) in [5, 5.41) is 75.0. The third kappa shape index (κ3) is 10.5. The minimum atomic E-state index is -2.14. The Kier molecular flexibility index (Phi) is 16.3. The largest absolute Gasteiger partial charge is 0.507 e.